The molecular weight excluding hydrogens is 590 g/mol. The monoisotopic (exact) mass is 629 g/mol. The normalized spacial score (nSPS) is 19.0. The Labute approximate surface area is 275 Å². The van der Waals surface area contributed by atoms with E-state index in [0.29, 0.717) is 53.7 Å². The number of allylic oxidation sites excluding steroid dienone is 2. The van der Waals surface area contributed by atoms with Crippen LogP contribution in [0.3, 0.4) is 0 Å². The molecule has 1 aliphatic heterocycles. The molecule has 0 amide bonds. The summed E-state index contributed by atoms with van der Waals surface area (Å²) in [5.41, 5.74) is 5.74. The third-order valence-corrected chi connectivity index (χ3v) is 8.99. The van der Waals surface area contributed by atoms with E-state index >= 15 is 0 Å². The summed E-state index contributed by atoms with van der Waals surface area (Å²) < 4.78 is 23.3. The Hall–Kier alpha value is -5.17. The summed E-state index contributed by atoms with van der Waals surface area (Å²) in [6.07, 6.45) is 1.42. The first-order valence-electron chi connectivity index (χ1n) is 16.0. The van der Waals surface area contributed by atoms with Crippen molar-refractivity contribution in [3.05, 3.63) is 137 Å². The van der Waals surface area contributed by atoms with Gasteiger partial charge >= 0.3 is 5.97 Å². The largest absolute Gasteiger partial charge is 0.493 e. The van der Waals surface area contributed by atoms with Crippen LogP contribution in [0, 0.1) is 5.92 Å². The highest BCUT2D eigenvalue weighted by atomic mass is 16.5. The molecule has 0 N–H and O–H groups in total. The molecule has 0 spiro atoms. The van der Waals surface area contributed by atoms with Gasteiger partial charge in [0.1, 0.15) is 18.3 Å². The van der Waals surface area contributed by atoms with Gasteiger partial charge in [0, 0.05) is 41.3 Å². The van der Waals surface area contributed by atoms with E-state index in [4.69, 9.17) is 23.9 Å². The smallest absolute Gasteiger partial charge is 0.315 e. The molecule has 0 saturated carbocycles. The number of esters is 1. The average molecular weight is 630 g/mol. The molecule has 1 aliphatic carbocycles. The number of benzene rings is 4. The van der Waals surface area contributed by atoms with E-state index in [0.717, 1.165) is 22.3 Å². The van der Waals surface area contributed by atoms with Crippen molar-refractivity contribution in [3.63, 3.8) is 0 Å². The summed E-state index contributed by atoms with van der Waals surface area (Å²) in [5.74, 6) is -0.0346. The number of hydrogen-bond donors (Lipinski definition) is 0. The molecule has 1 unspecified atom stereocenters. The maximum atomic E-state index is 14.3. The van der Waals surface area contributed by atoms with Crippen LogP contribution in [0.2, 0.25) is 0 Å². The molecule has 47 heavy (non-hydrogen) atoms. The molecule has 0 aromatic heterocycles. The Morgan fingerprint density at radius 3 is 2.19 bits per heavy atom. The first kappa shape index (κ1) is 31.8. The second-order valence-electron chi connectivity index (χ2n) is 11.9. The van der Waals surface area contributed by atoms with Crippen molar-refractivity contribution in [1.29, 1.82) is 0 Å². The fraction of sp³-hybridized carbons (Fsp3) is 0.275. The maximum absolute atomic E-state index is 14.3. The third-order valence-electron chi connectivity index (χ3n) is 8.99. The van der Waals surface area contributed by atoms with Crippen LogP contribution in [0.1, 0.15) is 53.9 Å². The number of carbonyl (C=O) groups excluding carboxylic acids is 2. The lowest BCUT2D eigenvalue weighted by molar-refractivity contribution is -0.146. The summed E-state index contributed by atoms with van der Waals surface area (Å²) in [4.78, 5) is 33.2. The van der Waals surface area contributed by atoms with E-state index < -0.39 is 17.8 Å². The number of methoxy groups -OCH3 is 2. The quantitative estimate of drug-likeness (QED) is 0.159. The Morgan fingerprint density at radius 2 is 1.47 bits per heavy atom. The van der Waals surface area contributed by atoms with Gasteiger partial charge in [-0.05, 0) is 54.2 Å². The lowest BCUT2D eigenvalue weighted by Gasteiger charge is -2.37. The van der Waals surface area contributed by atoms with E-state index in [-0.39, 0.29) is 24.7 Å². The van der Waals surface area contributed by atoms with Gasteiger partial charge in [-0.1, -0.05) is 84.9 Å². The summed E-state index contributed by atoms with van der Waals surface area (Å²) in [5, 5.41) is 0. The van der Waals surface area contributed by atoms with Gasteiger partial charge in [-0.15, -0.1) is 0 Å². The standard InChI is InChI=1S/C40H39NO6/c1-26-37(40(43)46-21-20-27-12-6-4-7-13-27)38(31-16-10-11-17-34(31)47-25-28-14-8-5-9-15-28)39-32(41-26)22-30(23-33(39)42)29-18-19-35(44-2)36(24-29)45-3/h4-19,24,30,37-38H,20-23,25H2,1-3H3/t30-,37?,38+/m1/s1. The molecule has 4 aromatic rings. The lowest BCUT2D eigenvalue weighted by atomic mass is 9.69. The number of rotatable bonds is 11. The van der Waals surface area contributed by atoms with Crippen molar-refractivity contribution in [1.82, 2.24) is 0 Å². The SMILES string of the molecule is COc1ccc([C@H]2CC(=O)C3=C(C2)N=C(C)C(C(=O)OCCc2ccccc2)[C@@H]3c2ccccc2OCc2ccccc2)cc1OC. The van der Waals surface area contributed by atoms with E-state index in [9.17, 15) is 9.59 Å². The van der Waals surface area contributed by atoms with Gasteiger partial charge in [0.15, 0.2) is 17.3 Å². The zero-order chi connectivity index (χ0) is 32.8. The van der Waals surface area contributed by atoms with Gasteiger partial charge in [0.25, 0.3) is 0 Å². The summed E-state index contributed by atoms with van der Waals surface area (Å²) in [6.45, 7) is 2.44. The second-order valence-corrected chi connectivity index (χ2v) is 11.9. The molecule has 0 saturated heterocycles. The van der Waals surface area contributed by atoms with Crippen molar-refractivity contribution in [3.8, 4) is 17.2 Å². The fourth-order valence-electron chi connectivity index (χ4n) is 6.65. The first-order chi connectivity index (χ1) is 23.0. The van der Waals surface area contributed by atoms with Gasteiger partial charge < -0.3 is 18.9 Å². The molecule has 2 aliphatic rings. The predicted octanol–water partition coefficient (Wildman–Crippen LogP) is 7.64. The molecule has 3 atom stereocenters. The van der Waals surface area contributed by atoms with Gasteiger partial charge in [-0.3, -0.25) is 14.6 Å². The van der Waals surface area contributed by atoms with Gasteiger partial charge in [0.2, 0.25) is 0 Å². The van der Waals surface area contributed by atoms with Crippen molar-refractivity contribution in [2.45, 2.75) is 44.6 Å². The maximum Gasteiger partial charge on any atom is 0.315 e. The van der Waals surface area contributed by atoms with Gasteiger partial charge in [-0.2, -0.15) is 0 Å². The molecule has 7 nitrogen and oxygen atoms in total. The number of aliphatic imine (C=N–C) groups is 1. The Kier molecular flexibility index (Phi) is 9.81. The zero-order valence-electron chi connectivity index (χ0n) is 27.0. The molecular formula is C40H39NO6. The van der Waals surface area contributed by atoms with Gasteiger partial charge in [0.05, 0.1) is 20.8 Å². The molecule has 0 bridgehead atoms. The minimum atomic E-state index is -0.771. The van der Waals surface area contributed by atoms with E-state index in [1.165, 1.54) is 0 Å². The number of Topliss-reactive ketones (excluding diaryl/α,β-unsaturated/α-hetero) is 1. The van der Waals surface area contributed by atoms with E-state index in [1.54, 1.807) is 14.2 Å². The topological polar surface area (TPSA) is 83.4 Å². The molecule has 1 heterocycles. The predicted molar refractivity (Wildman–Crippen MR) is 181 cm³/mol. The first-order valence-corrected chi connectivity index (χ1v) is 16.0. The number of para-hydroxylation sites is 1. The molecule has 6 rings (SSSR count). The lowest BCUT2D eigenvalue weighted by Crippen LogP contribution is -2.38. The van der Waals surface area contributed by atoms with Gasteiger partial charge in [-0.25, -0.2) is 0 Å². The third kappa shape index (κ3) is 6.99. The highest BCUT2D eigenvalue weighted by molar-refractivity contribution is 6.09. The van der Waals surface area contributed by atoms with E-state index in [2.05, 4.69) is 0 Å². The Balaban J connectivity index is 1.35. The number of ether oxygens (including phenoxy) is 4. The number of hydrogen-bond acceptors (Lipinski definition) is 7. The van der Waals surface area contributed by atoms with Crippen LogP contribution in [-0.4, -0.2) is 38.3 Å². The van der Waals surface area contributed by atoms with Crippen LogP contribution in [-0.2, 0) is 27.4 Å². The summed E-state index contributed by atoms with van der Waals surface area (Å²) >= 11 is 0. The summed E-state index contributed by atoms with van der Waals surface area (Å²) in [7, 11) is 3.20. The minimum absolute atomic E-state index is 0.0350. The van der Waals surface area contributed by atoms with Crippen LogP contribution in [0.15, 0.2) is 119 Å². The van der Waals surface area contributed by atoms with E-state index in [1.807, 2.05) is 110 Å². The van der Waals surface area contributed by atoms with Crippen molar-refractivity contribution >= 4 is 17.5 Å². The fourth-order valence-corrected chi connectivity index (χ4v) is 6.65. The Bertz CT molecular complexity index is 1800. The van der Waals surface area contributed by atoms with Crippen LogP contribution in [0.25, 0.3) is 0 Å². The van der Waals surface area contributed by atoms with Crippen molar-refractivity contribution < 1.29 is 28.5 Å². The minimum Gasteiger partial charge on any atom is -0.493 e. The molecule has 0 fully saturated rings. The van der Waals surface area contributed by atoms with Crippen molar-refractivity contribution in [2.75, 3.05) is 20.8 Å². The second kappa shape index (κ2) is 14.5. The highest BCUT2D eigenvalue weighted by Crippen LogP contribution is 2.49. The summed E-state index contributed by atoms with van der Waals surface area (Å²) in [6, 6.07) is 33.3. The molecule has 240 valence electrons. The van der Waals surface area contributed by atoms with Crippen LogP contribution >= 0.6 is 0 Å². The molecule has 0 radical (unpaired) electrons. The average Bonchev–Trinajstić information content (AvgIpc) is 3.10. The van der Waals surface area contributed by atoms with Crippen molar-refractivity contribution in [2.24, 2.45) is 10.9 Å². The number of ketones is 1. The van der Waals surface area contributed by atoms with Crippen LogP contribution in [0.4, 0.5) is 0 Å². The number of carbonyl (C=O) groups is 2. The molecule has 7 heteroatoms. The zero-order valence-corrected chi connectivity index (χ0v) is 27.0. The molecule has 4 aromatic carbocycles. The number of nitrogens with zero attached hydrogens (tertiary/aromatic N) is 1. The van der Waals surface area contributed by atoms with Crippen LogP contribution < -0.4 is 14.2 Å². The van der Waals surface area contributed by atoms with Crippen LogP contribution in [0.5, 0.6) is 17.2 Å². The highest BCUT2D eigenvalue weighted by Gasteiger charge is 2.45. The Morgan fingerprint density at radius 1 is 0.787 bits per heavy atom.